The Morgan fingerprint density at radius 2 is 2.00 bits per heavy atom. The molecule has 0 atom stereocenters. The summed E-state index contributed by atoms with van der Waals surface area (Å²) in [6.45, 7) is 2.46. The molecule has 2 aromatic rings. The van der Waals surface area contributed by atoms with Gasteiger partial charge in [0.25, 0.3) is 0 Å². The Morgan fingerprint density at radius 3 is 2.70 bits per heavy atom. The summed E-state index contributed by atoms with van der Waals surface area (Å²) >= 11 is 0. The lowest BCUT2D eigenvalue weighted by Gasteiger charge is -2.13. The highest BCUT2D eigenvalue weighted by molar-refractivity contribution is 5.84. The van der Waals surface area contributed by atoms with Crippen molar-refractivity contribution in [2.75, 3.05) is 7.11 Å². The van der Waals surface area contributed by atoms with Crippen molar-refractivity contribution in [1.29, 1.82) is 0 Å². The SMILES string of the molecule is COc1cccc(/C=N/O)c1OCc1cccc(C)c1. The molecule has 0 aliphatic carbocycles. The Kier molecular flexibility index (Phi) is 4.60. The molecule has 0 bridgehead atoms. The van der Waals surface area contributed by atoms with Crippen LogP contribution in [0.1, 0.15) is 16.7 Å². The number of hydrogen-bond donors (Lipinski definition) is 1. The quantitative estimate of drug-likeness (QED) is 0.515. The van der Waals surface area contributed by atoms with Crippen molar-refractivity contribution in [3.05, 3.63) is 59.2 Å². The van der Waals surface area contributed by atoms with E-state index in [0.29, 0.717) is 23.7 Å². The molecule has 0 aliphatic heterocycles. The van der Waals surface area contributed by atoms with Crippen molar-refractivity contribution in [2.45, 2.75) is 13.5 Å². The summed E-state index contributed by atoms with van der Waals surface area (Å²) in [6.07, 6.45) is 1.33. The molecule has 0 heterocycles. The van der Waals surface area contributed by atoms with Crippen LogP contribution in [0.5, 0.6) is 11.5 Å². The zero-order chi connectivity index (χ0) is 14.4. The molecule has 0 aliphatic rings. The molecular formula is C16H17NO3. The average molecular weight is 271 g/mol. The van der Waals surface area contributed by atoms with Crippen LogP contribution in [0.15, 0.2) is 47.6 Å². The molecule has 4 heteroatoms. The summed E-state index contributed by atoms with van der Waals surface area (Å²) < 4.78 is 11.1. The zero-order valence-electron chi connectivity index (χ0n) is 11.5. The third-order valence-corrected chi connectivity index (χ3v) is 2.89. The van der Waals surface area contributed by atoms with Gasteiger partial charge in [0, 0.05) is 5.56 Å². The van der Waals surface area contributed by atoms with E-state index in [1.54, 1.807) is 19.2 Å². The van der Waals surface area contributed by atoms with Crippen LogP contribution >= 0.6 is 0 Å². The normalized spacial score (nSPS) is 10.7. The molecule has 1 N–H and O–H groups in total. The molecule has 4 nitrogen and oxygen atoms in total. The Hall–Kier alpha value is -2.49. The van der Waals surface area contributed by atoms with Crippen molar-refractivity contribution >= 4 is 6.21 Å². The van der Waals surface area contributed by atoms with Gasteiger partial charge in [-0.2, -0.15) is 0 Å². The molecule has 0 saturated carbocycles. The van der Waals surface area contributed by atoms with E-state index in [9.17, 15) is 0 Å². The Balaban J connectivity index is 2.23. The van der Waals surface area contributed by atoms with E-state index < -0.39 is 0 Å². The fourth-order valence-corrected chi connectivity index (χ4v) is 1.97. The number of rotatable bonds is 5. The van der Waals surface area contributed by atoms with E-state index in [2.05, 4.69) is 11.2 Å². The average Bonchev–Trinajstić information content (AvgIpc) is 2.46. The molecule has 0 spiro atoms. The molecular weight excluding hydrogens is 254 g/mol. The van der Waals surface area contributed by atoms with Crippen LogP contribution < -0.4 is 9.47 Å². The van der Waals surface area contributed by atoms with E-state index in [4.69, 9.17) is 14.7 Å². The number of methoxy groups -OCH3 is 1. The van der Waals surface area contributed by atoms with Gasteiger partial charge in [0.15, 0.2) is 11.5 Å². The molecule has 104 valence electrons. The summed E-state index contributed by atoms with van der Waals surface area (Å²) in [5.41, 5.74) is 2.92. The topological polar surface area (TPSA) is 51.0 Å². The van der Waals surface area contributed by atoms with Crippen LogP contribution in [0.3, 0.4) is 0 Å². The fourth-order valence-electron chi connectivity index (χ4n) is 1.97. The highest BCUT2D eigenvalue weighted by atomic mass is 16.5. The van der Waals surface area contributed by atoms with Crippen LogP contribution in [0.25, 0.3) is 0 Å². The van der Waals surface area contributed by atoms with Gasteiger partial charge in [0.05, 0.1) is 13.3 Å². The summed E-state index contributed by atoms with van der Waals surface area (Å²) in [4.78, 5) is 0. The molecule has 0 amide bonds. The first-order valence-electron chi connectivity index (χ1n) is 6.27. The highest BCUT2D eigenvalue weighted by Crippen LogP contribution is 2.30. The number of nitrogens with zero attached hydrogens (tertiary/aromatic N) is 1. The smallest absolute Gasteiger partial charge is 0.170 e. The van der Waals surface area contributed by atoms with Crippen LogP contribution in [0.4, 0.5) is 0 Å². The second kappa shape index (κ2) is 6.61. The number of para-hydroxylation sites is 1. The number of oxime groups is 1. The van der Waals surface area contributed by atoms with Gasteiger partial charge < -0.3 is 14.7 Å². The number of benzene rings is 2. The predicted molar refractivity (Wildman–Crippen MR) is 77.9 cm³/mol. The van der Waals surface area contributed by atoms with Crippen molar-refractivity contribution in [3.63, 3.8) is 0 Å². The summed E-state index contributed by atoms with van der Waals surface area (Å²) in [7, 11) is 1.58. The van der Waals surface area contributed by atoms with Gasteiger partial charge in [-0.15, -0.1) is 0 Å². The lowest BCUT2D eigenvalue weighted by atomic mass is 10.1. The predicted octanol–water partition coefficient (Wildman–Crippen LogP) is 3.39. The summed E-state index contributed by atoms with van der Waals surface area (Å²) in [5, 5.41) is 11.8. The summed E-state index contributed by atoms with van der Waals surface area (Å²) in [5.74, 6) is 1.17. The van der Waals surface area contributed by atoms with Crippen LogP contribution in [-0.2, 0) is 6.61 Å². The monoisotopic (exact) mass is 271 g/mol. The van der Waals surface area contributed by atoms with Gasteiger partial charge in [-0.25, -0.2) is 0 Å². The van der Waals surface area contributed by atoms with Crippen molar-refractivity contribution < 1.29 is 14.7 Å². The first-order valence-corrected chi connectivity index (χ1v) is 6.27. The van der Waals surface area contributed by atoms with E-state index in [0.717, 1.165) is 5.56 Å². The number of ether oxygens (including phenoxy) is 2. The molecule has 0 unspecified atom stereocenters. The van der Waals surface area contributed by atoms with Gasteiger partial charge in [0.1, 0.15) is 6.61 Å². The van der Waals surface area contributed by atoms with E-state index in [-0.39, 0.29) is 0 Å². The van der Waals surface area contributed by atoms with Crippen molar-refractivity contribution in [1.82, 2.24) is 0 Å². The molecule has 20 heavy (non-hydrogen) atoms. The van der Waals surface area contributed by atoms with Gasteiger partial charge in [-0.1, -0.05) is 41.1 Å². The first kappa shape index (κ1) is 13.9. The maximum Gasteiger partial charge on any atom is 0.170 e. The second-order valence-corrected chi connectivity index (χ2v) is 4.40. The first-order chi connectivity index (χ1) is 9.74. The molecule has 2 aromatic carbocycles. The maximum atomic E-state index is 8.70. The fraction of sp³-hybridized carbons (Fsp3) is 0.188. The molecule has 0 fully saturated rings. The van der Waals surface area contributed by atoms with Gasteiger partial charge in [0.2, 0.25) is 0 Å². The maximum absolute atomic E-state index is 8.70. The van der Waals surface area contributed by atoms with Gasteiger partial charge in [-0.3, -0.25) is 0 Å². The standard InChI is InChI=1S/C16H17NO3/c1-12-5-3-6-13(9-12)11-20-16-14(10-17-18)7-4-8-15(16)19-2/h3-10,18H,11H2,1-2H3/b17-10+. The zero-order valence-corrected chi connectivity index (χ0v) is 11.5. The lowest BCUT2D eigenvalue weighted by Crippen LogP contribution is -2.01. The highest BCUT2D eigenvalue weighted by Gasteiger charge is 2.09. The van der Waals surface area contributed by atoms with Crippen LogP contribution in [0, 0.1) is 6.92 Å². The largest absolute Gasteiger partial charge is 0.493 e. The summed E-state index contributed by atoms with van der Waals surface area (Å²) in [6, 6.07) is 13.5. The Bertz CT molecular complexity index is 608. The van der Waals surface area contributed by atoms with E-state index in [1.807, 2.05) is 31.2 Å². The van der Waals surface area contributed by atoms with Crippen LogP contribution in [0.2, 0.25) is 0 Å². The Labute approximate surface area is 118 Å². The number of hydrogen-bond acceptors (Lipinski definition) is 4. The number of aryl methyl sites for hydroxylation is 1. The molecule has 2 rings (SSSR count). The second-order valence-electron chi connectivity index (χ2n) is 4.40. The van der Waals surface area contributed by atoms with Gasteiger partial charge in [-0.05, 0) is 24.6 Å². The third kappa shape index (κ3) is 3.29. The minimum atomic E-state index is 0.425. The van der Waals surface area contributed by atoms with Crippen molar-refractivity contribution in [2.24, 2.45) is 5.16 Å². The van der Waals surface area contributed by atoms with Crippen LogP contribution in [-0.4, -0.2) is 18.5 Å². The third-order valence-electron chi connectivity index (χ3n) is 2.89. The van der Waals surface area contributed by atoms with E-state index >= 15 is 0 Å². The van der Waals surface area contributed by atoms with E-state index in [1.165, 1.54) is 11.8 Å². The minimum Gasteiger partial charge on any atom is -0.493 e. The molecule has 0 saturated heterocycles. The molecule has 0 aromatic heterocycles. The lowest BCUT2D eigenvalue weighted by molar-refractivity contribution is 0.283. The molecule has 0 radical (unpaired) electrons. The minimum absolute atomic E-state index is 0.425. The van der Waals surface area contributed by atoms with Gasteiger partial charge >= 0.3 is 0 Å². The van der Waals surface area contributed by atoms with Crippen molar-refractivity contribution in [3.8, 4) is 11.5 Å². The Morgan fingerprint density at radius 1 is 1.20 bits per heavy atom.